The summed E-state index contributed by atoms with van der Waals surface area (Å²) in [5, 5.41) is 11.3. The predicted octanol–water partition coefficient (Wildman–Crippen LogP) is 5.31. The molecule has 3 aromatic rings. The lowest BCUT2D eigenvalue weighted by Gasteiger charge is -2.07. The summed E-state index contributed by atoms with van der Waals surface area (Å²) >= 11 is 1.21. The predicted molar refractivity (Wildman–Crippen MR) is 119 cm³/mol. The maximum Gasteiger partial charge on any atom is 0.277 e. The SMILES string of the molecule is Cc1cc(C)cc(-c2nnc(SCC(=O)c3ccc(NC(=O)CC(C)C)cc3)o2)c1. The Morgan fingerprint density at radius 1 is 1.03 bits per heavy atom. The first-order valence-corrected chi connectivity index (χ1v) is 10.8. The van der Waals surface area contributed by atoms with Gasteiger partial charge in [0.25, 0.3) is 5.22 Å². The van der Waals surface area contributed by atoms with Gasteiger partial charge >= 0.3 is 0 Å². The Morgan fingerprint density at radius 2 is 1.70 bits per heavy atom. The van der Waals surface area contributed by atoms with Gasteiger partial charge in [0.15, 0.2) is 5.78 Å². The van der Waals surface area contributed by atoms with Crippen LogP contribution in [0.5, 0.6) is 0 Å². The molecular weight excluding hydrogens is 398 g/mol. The van der Waals surface area contributed by atoms with Crippen LogP contribution in [-0.4, -0.2) is 27.6 Å². The monoisotopic (exact) mass is 423 g/mol. The van der Waals surface area contributed by atoms with Gasteiger partial charge in [0.2, 0.25) is 11.8 Å². The van der Waals surface area contributed by atoms with Crippen molar-refractivity contribution < 1.29 is 14.0 Å². The van der Waals surface area contributed by atoms with E-state index in [9.17, 15) is 9.59 Å². The molecule has 1 aromatic heterocycles. The lowest BCUT2D eigenvalue weighted by molar-refractivity contribution is -0.116. The minimum Gasteiger partial charge on any atom is -0.411 e. The Balaban J connectivity index is 1.57. The molecule has 1 heterocycles. The van der Waals surface area contributed by atoms with Crippen LogP contribution < -0.4 is 5.32 Å². The van der Waals surface area contributed by atoms with E-state index in [1.165, 1.54) is 11.8 Å². The lowest BCUT2D eigenvalue weighted by atomic mass is 10.1. The highest BCUT2D eigenvalue weighted by atomic mass is 32.2. The first-order valence-electron chi connectivity index (χ1n) is 9.78. The Kier molecular flexibility index (Phi) is 7.05. The summed E-state index contributed by atoms with van der Waals surface area (Å²) in [5.74, 6) is 0.844. The van der Waals surface area contributed by atoms with Crippen LogP contribution in [0.25, 0.3) is 11.5 Å². The summed E-state index contributed by atoms with van der Waals surface area (Å²) < 4.78 is 5.70. The number of rotatable bonds is 8. The fourth-order valence-corrected chi connectivity index (χ4v) is 3.67. The van der Waals surface area contributed by atoms with Crippen molar-refractivity contribution in [1.82, 2.24) is 10.2 Å². The largest absolute Gasteiger partial charge is 0.411 e. The van der Waals surface area contributed by atoms with Crippen LogP contribution in [0.15, 0.2) is 52.1 Å². The van der Waals surface area contributed by atoms with Gasteiger partial charge in [-0.25, -0.2) is 0 Å². The van der Waals surface area contributed by atoms with E-state index in [0.29, 0.717) is 34.7 Å². The van der Waals surface area contributed by atoms with Crippen molar-refractivity contribution in [1.29, 1.82) is 0 Å². The van der Waals surface area contributed by atoms with E-state index in [2.05, 4.69) is 21.6 Å². The molecule has 0 aliphatic carbocycles. The van der Waals surface area contributed by atoms with E-state index in [1.54, 1.807) is 24.3 Å². The van der Waals surface area contributed by atoms with Gasteiger partial charge in [-0.3, -0.25) is 9.59 Å². The van der Waals surface area contributed by atoms with Crippen LogP contribution in [0.3, 0.4) is 0 Å². The van der Waals surface area contributed by atoms with Gasteiger partial charge in [0.1, 0.15) is 0 Å². The second-order valence-electron chi connectivity index (χ2n) is 7.68. The van der Waals surface area contributed by atoms with E-state index in [-0.39, 0.29) is 17.4 Å². The molecule has 1 amide bonds. The van der Waals surface area contributed by atoms with E-state index >= 15 is 0 Å². The highest BCUT2D eigenvalue weighted by molar-refractivity contribution is 7.99. The number of anilines is 1. The van der Waals surface area contributed by atoms with E-state index in [1.807, 2.05) is 39.8 Å². The molecule has 30 heavy (non-hydrogen) atoms. The third kappa shape index (κ3) is 6.03. The molecule has 156 valence electrons. The molecule has 0 saturated heterocycles. The highest BCUT2D eigenvalue weighted by Gasteiger charge is 2.13. The first kappa shape index (κ1) is 21.8. The van der Waals surface area contributed by atoms with Gasteiger partial charge in [-0.05, 0) is 56.2 Å². The first-order chi connectivity index (χ1) is 14.3. The fraction of sp³-hybridized carbons (Fsp3) is 0.304. The number of nitrogens with zero attached hydrogens (tertiary/aromatic N) is 2. The molecule has 0 atom stereocenters. The van der Waals surface area contributed by atoms with Crippen molar-refractivity contribution in [2.45, 2.75) is 39.3 Å². The van der Waals surface area contributed by atoms with Gasteiger partial charge in [-0.1, -0.05) is 42.8 Å². The van der Waals surface area contributed by atoms with E-state index in [4.69, 9.17) is 4.42 Å². The van der Waals surface area contributed by atoms with Crippen LogP contribution >= 0.6 is 11.8 Å². The number of hydrogen-bond acceptors (Lipinski definition) is 6. The summed E-state index contributed by atoms with van der Waals surface area (Å²) in [6, 6.07) is 13.0. The molecular formula is C23H25N3O3S. The number of benzene rings is 2. The zero-order chi connectivity index (χ0) is 21.7. The second-order valence-corrected chi connectivity index (χ2v) is 8.61. The van der Waals surface area contributed by atoms with E-state index in [0.717, 1.165) is 16.7 Å². The Hall–Kier alpha value is -2.93. The third-order valence-corrected chi connectivity index (χ3v) is 5.10. The van der Waals surface area contributed by atoms with Gasteiger partial charge < -0.3 is 9.73 Å². The molecule has 0 bridgehead atoms. The van der Waals surface area contributed by atoms with Crippen molar-refractivity contribution in [2.75, 3.05) is 11.1 Å². The molecule has 0 aliphatic heterocycles. The summed E-state index contributed by atoms with van der Waals surface area (Å²) in [4.78, 5) is 24.3. The summed E-state index contributed by atoms with van der Waals surface area (Å²) in [6.45, 7) is 8.02. The fourth-order valence-electron chi connectivity index (χ4n) is 3.02. The number of carbonyl (C=O) groups excluding carboxylic acids is 2. The van der Waals surface area contributed by atoms with Crippen LogP contribution in [-0.2, 0) is 4.79 Å². The van der Waals surface area contributed by atoms with Crippen molar-refractivity contribution in [3.8, 4) is 11.5 Å². The average molecular weight is 424 g/mol. The molecule has 7 heteroatoms. The molecule has 0 unspecified atom stereocenters. The molecule has 3 rings (SSSR count). The van der Waals surface area contributed by atoms with Gasteiger partial charge in [-0.2, -0.15) is 0 Å². The average Bonchev–Trinajstić information content (AvgIpc) is 3.14. The molecule has 0 aliphatic rings. The van der Waals surface area contributed by atoms with Crippen LogP contribution in [0, 0.1) is 19.8 Å². The second kappa shape index (κ2) is 9.71. The number of nitrogens with one attached hydrogen (secondary N) is 1. The number of hydrogen-bond donors (Lipinski definition) is 1. The third-order valence-electron chi connectivity index (χ3n) is 4.29. The summed E-state index contributed by atoms with van der Waals surface area (Å²) in [6.07, 6.45) is 0.464. The normalized spacial score (nSPS) is 11.0. The molecule has 0 radical (unpaired) electrons. The maximum absolute atomic E-state index is 12.5. The van der Waals surface area contributed by atoms with Crippen molar-refractivity contribution in [3.05, 3.63) is 59.2 Å². The quantitative estimate of drug-likeness (QED) is 0.390. The molecule has 2 aromatic carbocycles. The number of ketones is 1. The van der Waals surface area contributed by atoms with E-state index < -0.39 is 0 Å². The van der Waals surface area contributed by atoms with Crippen molar-refractivity contribution in [3.63, 3.8) is 0 Å². The minimum absolute atomic E-state index is 0.0318. The van der Waals surface area contributed by atoms with Crippen molar-refractivity contribution >= 4 is 29.1 Å². The Labute approximate surface area is 180 Å². The Morgan fingerprint density at radius 3 is 2.33 bits per heavy atom. The molecule has 1 N–H and O–H groups in total. The number of Topliss-reactive ketones (excluding diaryl/α,β-unsaturated/α-hetero) is 1. The van der Waals surface area contributed by atoms with Crippen LogP contribution in [0.1, 0.15) is 41.8 Å². The van der Waals surface area contributed by atoms with Crippen LogP contribution in [0.2, 0.25) is 0 Å². The highest BCUT2D eigenvalue weighted by Crippen LogP contribution is 2.25. The topological polar surface area (TPSA) is 85.1 Å². The number of carbonyl (C=O) groups is 2. The summed E-state index contributed by atoms with van der Waals surface area (Å²) in [7, 11) is 0. The zero-order valence-corrected chi connectivity index (χ0v) is 18.4. The number of thioether (sulfide) groups is 1. The number of aryl methyl sites for hydroxylation is 2. The van der Waals surface area contributed by atoms with Crippen LogP contribution in [0.4, 0.5) is 5.69 Å². The smallest absolute Gasteiger partial charge is 0.277 e. The molecule has 0 spiro atoms. The van der Waals surface area contributed by atoms with Gasteiger partial charge in [-0.15, -0.1) is 10.2 Å². The standard InChI is InChI=1S/C23H25N3O3S/c1-14(2)9-21(28)24-19-7-5-17(6-8-19)20(27)13-30-23-26-25-22(29-23)18-11-15(3)10-16(4)12-18/h5-8,10-12,14H,9,13H2,1-4H3,(H,24,28). The molecule has 0 fully saturated rings. The number of amides is 1. The Bertz CT molecular complexity index is 1020. The summed E-state index contributed by atoms with van der Waals surface area (Å²) in [5.41, 5.74) is 4.36. The number of aromatic nitrogens is 2. The zero-order valence-electron chi connectivity index (χ0n) is 17.6. The molecule has 6 nitrogen and oxygen atoms in total. The molecule has 0 saturated carbocycles. The van der Waals surface area contributed by atoms with Gasteiger partial charge in [0, 0.05) is 23.2 Å². The van der Waals surface area contributed by atoms with Gasteiger partial charge in [0.05, 0.1) is 5.75 Å². The lowest BCUT2D eigenvalue weighted by Crippen LogP contribution is -2.14. The minimum atomic E-state index is -0.0498. The van der Waals surface area contributed by atoms with Crippen molar-refractivity contribution in [2.24, 2.45) is 5.92 Å². The maximum atomic E-state index is 12.5.